The lowest BCUT2D eigenvalue weighted by Crippen LogP contribution is -2.52. The van der Waals surface area contributed by atoms with Crippen LogP contribution in [0.15, 0.2) is 41.0 Å². The van der Waals surface area contributed by atoms with Gasteiger partial charge in [-0.15, -0.1) is 0 Å². The van der Waals surface area contributed by atoms with E-state index in [0.717, 1.165) is 36.6 Å². The predicted molar refractivity (Wildman–Crippen MR) is 130 cm³/mol. The fraction of sp³-hybridized carbons (Fsp3) is 0.615. The van der Waals surface area contributed by atoms with Crippen LogP contribution in [0.5, 0.6) is 0 Å². The lowest BCUT2D eigenvalue weighted by molar-refractivity contribution is -0.130. The Labute approximate surface area is 201 Å². The topological polar surface area (TPSA) is 77.4 Å². The summed E-state index contributed by atoms with van der Waals surface area (Å²) >= 11 is 0. The Balaban J connectivity index is 1.62. The Bertz CT molecular complexity index is 942. The Morgan fingerprint density at radius 2 is 2.09 bits per heavy atom. The highest BCUT2D eigenvalue weighted by atomic mass is 19.1. The summed E-state index contributed by atoms with van der Waals surface area (Å²) in [5, 5.41) is 13.4. The van der Waals surface area contributed by atoms with Crippen LogP contribution in [-0.2, 0) is 16.0 Å². The number of benzene rings is 1. The second-order valence-electron chi connectivity index (χ2n) is 10.4. The van der Waals surface area contributed by atoms with E-state index >= 15 is 0 Å². The van der Waals surface area contributed by atoms with Gasteiger partial charge in [-0.2, -0.15) is 0 Å². The van der Waals surface area contributed by atoms with Gasteiger partial charge in [0, 0.05) is 50.7 Å². The van der Waals surface area contributed by atoms with Crippen molar-refractivity contribution in [3.05, 3.63) is 47.4 Å². The van der Waals surface area contributed by atoms with Crippen LogP contribution in [0.1, 0.15) is 26.3 Å². The van der Waals surface area contributed by atoms with Crippen LogP contribution in [0.4, 0.5) is 4.39 Å². The number of rotatable bonds is 7. The summed E-state index contributed by atoms with van der Waals surface area (Å²) in [6.45, 7) is 9.76. The number of hydrogen-bond donors (Lipinski definition) is 2. The fourth-order valence-corrected chi connectivity index (χ4v) is 5.39. The molecular formula is C26H37FN4O3. The number of nitrogens with zero attached hydrogens (tertiary/aromatic N) is 3. The molecular weight excluding hydrogens is 435 g/mol. The molecule has 0 saturated carbocycles. The Kier molecular flexibility index (Phi) is 7.52. The minimum absolute atomic E-state index is 0.0862. The monoisotopic (exact) mass is 472 g/mol. The van der Waals surface area contributed by atoms with Crippen molar-refractivity contribution in [1.82, 2.24) is 15.1 Å². The number of hydrogen-bond acceptors (Lipinski definition) is 6. The number of carbonyl (C=O) groups excluding carboxylic acids is 1. The zero-order valence-corrected chi connectivity index (χ0v) is 20.6. The highest BCUT2D eigenvalue weighted by Gasteiger charge is 2.46. The first-order valence-electron chi connectivity index (χ1n) is 12.2. The Hall–Kier alpha value is -2.13. The molecule has 4 atom stereocenters. The zero-order valence-electron chi connectivity index (χ0n) is 20.6. The van der Waals surface area contributed by atoms with Crippen molar-refractivity contribution in [2.45, 2.75) is 45.4 Å². The minimum Gasteiger partial charge on any atom is -0.394 e. The van der Waals surface area contributed by atoms with E-state index in [-0.39, 0.29) is 35.7 Å². The summed E-state index contributed by atoms with van der Waals surface area (Å²) in [4.78, 5) is 22.6. The molecule has 8 heteroatoms. The molecule has 2 fully saturated rings. The van der Waals surface area contributed by atoms with Crippen molar-refractivity contribution in [2.75, 3.05) is 46.4 Å². The molecule has 0 aliphatic carbocycles. The average molecular weight is 473 g/mol. The van der Waals surface area contributed by atoms with Crippen molar-refractivity contribution in [3.63, 3.8) is 0 Å². The van der Waals surface area contributed by atoms with E-state index in [0.29, 0.717) is 25.6 Å². The highest BCUT2D eigenvalue weighted by Crippen LogP contribution is 2.40. The van der Waals surface area contributed by atoms with E-state index in [1.807, 2.05) is 4.90 Å². The number of fused-ring (bicyclic) bond motifs is 1. The summed E-state index contributed by atoms with van der Waals surface area (Å²) in [5.41, 5.74) is 2.44. The second kappa shape index (κ2) is 10.2. The number of ether oxygens (including phenoxy) is 1. The number of halogens is 1. The highest BCUT2D eigenvalue weighted by molar-refractivity contribution is 6.10. The molecule has 3 heterocycles. The minimum atomic E-state index is -0.460. The van der Waals surface area contributed by atoms with E-state index in [9.17, 15) is 14.3 Å². The largest absolute Gasteiger partial charge is 0.394 e. The molecule has 4 unspecified atom stereocenters. The van der Waals surface area contributed by atoms with E-state index in [2.05, 4.69) is 37.1 Å². The normalized spacial score (nSPS) is 27.7. The maximum absolute atomic E-state index is 13.5. The molecule has 1 aromatic carbocycles. The number of aliphatic imine (C=N–C) groups is 1. The van der Waals surface area contributed by atoms with Gasteiger partial charge in [-0.25, -0.2) is 4.39 Å². The molecule has 4 rings (SSSR count). The molecule has 1 amide bonds. The first kappa shape index (κ1) is 25.0. The smallest absolute Gasteiger partial charge is 0.241 e. The molecule has 34 heavy (non-hydrogen) atoms. The Morgan fingerprint density at radius 3 is 2.74 bits per heavy atom. The van der Waals surface area contributed by atoms with Crippen molar-refractivity contribution in [1.29, 1.82) is 0 Å². The molecule has 2 N–H and O–H groups in total. The lowest BCUT2D eigenvalue weighted by Gasteiger charge is -2.34. The number of dihydropyridines is 1. The molecule has 186 valence electrons. The van der Waals surface area contributed by atoms with Crippen LogP contribution in [0.3, 0.4) is 0 Å². The molecule has 0 spiro atoms. The van der Waals surface area contributed by atoms with Crippen LogP contribution in [0.25, 0.3) is 0 Å². The standard InChI is InChI=1S/C26H37FN4O3/c1-17-13-30(10-9-28-17)14-23(33)31-16-26(2,3)25-21(31)12-19(24(29-25)22(15-32)34-4)11-18-5-7-20(27)8-6-18/h5-8,12,17,19,22,24,28,32H,9-11,13-16H2,1-4H3. The quantitative estimate of drug-likeness (QED) is 0.634. The number of aliphatic hydroxyl groups excluding tert-OH is 1. The second-order valence-corrected chi connectivity index (χ2v) is 10.4. The van der Waals surface area contributed by atoms with Gasteiger partial charge >= 0.3 is 0 Å². The third-order valence-corrected chi connectivity index (χ3v) is 7.18. The summed E-state index contributed by atoms with van der Waals surface area (Å²) in [5.74, 6) is -0.281. The van der Waals surface area contributed by atoms with E-state index in [1.54, 1.807) is 19.2 Å². The number of nitrogens with one attached hydrogen (secondary N) is 1. The van der Waals surface area contributed by atoms with Gasteiger partial charge in [0.15, 0.2) is 0 Å². The molecule has 0 radical (unpaired) electrons. The van der Waals surface area contributed by atoms with Crippen molar-refractivity contribution in [3.8, 4) is 0 Å². The Morgan fingerprint density at radius 1 is 1.35 bits per heavy atom. The van der Waals surface area contributed by atoms with Gasteiger partial charge in [-0.05, 0) is 31.0 Å². The van der Waals surface area contributed by atoms with Crippen LogP contribution in [0.2, 0.25) is 0 Å². The maximum atomic E-state index is 13.5. The van der Waals surface area contributed by atoms with Crippen LogP contribution in [-0.4, -0.2) is 91.2 Å². The molecule has 1 aromatic rings. The number of allylic oxidation sites excluding steroid dienone is 1. The summed E-state index contributed by atoms with van der Waals surface area (Å²) in [7, 11) is 1.58. The number of piperazine rings is 1. The molecule has 0 aromatic heterocycles. The third kappa shape index (κ3) is 5.25. The lowest BCUT2D eigenvalue weighted by atomic mass is 9.82. The summed E-state index contributed by atoms with van der Waals surface area (Å²) < 4.78 is 19.0. The van der Waals surface area contributed by atoms with Crippen molar-refractivity contribution >= 4 is 11.6 Å². The van der Waals surface area contributed by atoms with Crippen LogP contribution in [0, 0.1) is 17.2 Å². The average Bonchev–Trinajstić information content (AvgIpc) is 3.06. The van der Waals surface area contributed by atoms with Gasteiger partial charge in [0.25, 0.3) is 0 Å². The van der Waals surface area contributed by atoms with Gasteiger partial charge in [0.2, 0.25) is 5.91 Å². The SMILES string of the molecule is COC(CO)C1N=C2C(=CC1Cc1ccc(F)cc1)N(C(=O)CN1CCNC(C)C1)CC2(C)C. The van der Waals surface area contributed by atoms with E-state index < -0.39 is 6.10 Å². The van der Waals surface area contributed by atoms with Gasteiger partial charge < -0.3 is 20.1 Å². The van der Waals surface area contributed by atoms with Gasteiger partial charge in [-0.3, -0.25) is 14.7 Å². The zero-order chi connectivity index (χ0) is 24.5. The number of aliphatic hydroxyl groups is 1. The molecule has 3 aliphatic rings. The van der Waals surface area contributed by atoms with Crippen molar-refractivity contribution in [2.24, 2.45) is 16.3 Å². The maximum Gasteiger partial charge on any atom is 0.241 e. The first-order valence-corrected chi connectivity index (χ1v) is 12.2. The van der Waals surface area contributed by atoms with Gasteiger partial charge in [0.05, 0.1) is 30.6 Å². The summed E-state index contributed by atoms with van der Waals surface area (Å²) in [6, 6.07) is 6.54. The van der Waals surface area contributed by atoms with Crippen LogP contribution < -0.4 is 5.32 Å². The molecule has 0 bridgehead atoms. The number of methoxy groups -OCH3 is 1. The van der Waals surface area contributed by atoms with Crippen molar-refractivity contribution < 1.29 is 19.0 Å². The van der Waals surface area contributed by atoms with Gasteiger partial charge in [0.1, 0.15) is 11.9 Å². The molecule has 7 nitrogen and oxygen atoms in total. The third-order valence-electron chi connectivity index (χ3n) is 7.18. The number of likely N-dealkylation sites (tertiary alicyclic amines) is 1. The van der Waals surface area contributed by atoms with E-state index in [1.165, 1.54) is 12.1 Å². The van der Waals surface area contributed by atoms with Crippen LogP contribution >= 0.6 is 0 Å². The summed E-state index contributed by atoms with van der Waals surface area (Å²) in [6.07, 6.45) is 2.28. The fourth-order valence-electron chi connectivity index (χ4n) is 5.39. The molecule has 3 aliphatic heterocycles. The number of amides is 1. The first-order chi connectivity index (χ1) is 16.2. The van der Waals surface area contributed by atoms with E-state index in [4.69, 9.17) is 9.73 Å². The number of carbonyl (C=O) groups is 1. The predicted octanol–water partition coefficient (Wildman–Crippen LogP) is 1.86. The van der Waals surface area contributed by atoms with Gasteiger partial charge in [-0.1, -0.05) is 32.1 Å². The molecule has 2 saturated heterocycles.